The lowest BCUT2D eigenvalue weighted by Crippen LogP contribution is -2.39. The minimum Gasteiger partial charge on any atom is -0.350 e. The zero-order valence-electron chi connectivity index (χ0n) is 13.8. The van der Waals surface area contributed by atoms with E-state index >= 15 is 0 Å². The summed E-state index contributed by atoms with van der Waals surface area (Å²) in [7, 11) is 0. The summed E-state index contributed by atoms with van der Waals surface area (Å²) in [6, 6.07) is 5.50. The van der Waals surface area contributed by atoms with Crippen molar-refractivity contribution >= 4 is 17.2 Å². The molecule has 2 rings (SSSR count). The van der Waals surface area contributed by atoms with Crippen LogP contribution < -0.4 is 10.9 Å². The summed E-state index contributed by atoms with van der Waals surface area (Å²) in [6.07, 6.45) is 0. The molecule has 0 aliphatic heterocycles. The first-order valence-electron chi connectivity index (χ1n) is 7.81. The molecule has 2 aromatic rings. The zero-order valence-corrected chi connectivity index (χ0v) is 14.6. The number of nitrogens with zero attached hydrogens (tertiary/aromatic N) is 1. The van der Waals surface area contributed by atoms with Crippen molar-refractivity contribution in [3.63, 3.8) is 0 Å². The molecular weight excluding hydrogens is 310 g/mol. The number of H-pyrrole nitrogens is 1. The van der Waals surface area contributed by atoms with Crippen LogP contribution in [-0.2, 0) is 0 Å². The molecule has 0 radical (unpaired) electrons. The lowest BCUT2D eigenvalue weighted by atomic mass is 10.1. The Morgan fingerprint density at radius 2 is 2.04 bits per heavy atom. The highest BCUT2D eigenvalue weighted by Gasteiger charge is 2.20. The molecule has 23 heavy (non-hydrogen) atoms. The maximum atomic E-state index is 12.3. The molecule has 2 heterocycles. The van der Waals surface area contributed by atoms with E-state index in [4.69, 9.17) is 0 Å². The molecule has 0 aliphatic rings. The molecule has 1 unspecified atom stereocenters. The fourth-order valence-electron chi connectivity index (χ4n) is 2.62. The van der Waals surface area contributed by atoms with E-state index in [0.717, 1.165) is 18.8 Å². The first-order chi connectivity index (χ1) is 11.1. The van der Waals surface area contributed by atoms with Gasteiger partial charge in [-0.3, -0.25) is 14.5 Å². The van der Waals surface area contributed by atoms with Crippen molar-refractivity contribution in [2.24, 2.45) is 0 Å². The highest BCUT2D eigenvalue weighted by molar-refractivity contribution is 7.07. The van der Waals surface area contributed by atoms with Gasteiger partial charge >= 0.3 is 0 Å². The third-order valence-electron chi connectivity index (χ3n) is 3.94. The van der Waals surface area contributed by atoms with Gasteiger partial charge < -0.3 is 10.3 Å². The van der Waals surface area contributed by atoms with Gasteiger partial charge in [-0.2, -0.15) is 11.3 Å². The van der Waals surface area contributed by atoms with Crippen LogP contribution in [0.1, 0.15) is 41.5 Å². The van der Waals surface area contributed by atoms with Crippen LogP contribution in [0.3, 0.4) is 0 Å². The summed E-state index contributed by atoms with van der Waals surface area (Å²) in [4.78, 5) is 29.1. The number of nitrogens with one attached hydrogen (secondary N) is 2. The van der Waals surface area contributed by atoms with E-state index in [2.05, 4.69) is 40.5 Å². The Labute approximate surface area is 140 Å². The third-order valence-corrected chi connectivity index (χ3v) is 4.64. The van der Waals surface area contributed by atoms with Gasteiger partial charge in [0.1, 0.15) is 5.56 Å². The molecule has 1 atom stereocenters. The maximum absolute atomic E-state index is 12.3. The molecule has 0 aromatic carbocycles. The largest absolute Gasteiger partial charge is 0.350 e. The Morgan fingerprint density at radius 3 is 2.61 bits per heavy atom. The van der Waals surface area contributed by atoms with Crippen LogP contribution in [0.2, 0.25) is 0 Å². The van der Waals surface area contributed by atoms with Crippen molar-refractivity contribution in [1.82, 2.24) is 15.2 Å². The van der Waals surface area contributed by atoms with E-state index in [1.807, 2.05) is 5.38 Å². The predicted octanol–water partition coefficient (Wildman–Crippen LogP) is 2.56. The molecule has 2 N–H and O–H groups in total. The number of aryl methyl sites for hydroxylation is 1. The van der Waals surface area contributed by atoms with Crippen LogP contribution >= 0.6 is 11.3 Å². The number of rotatable bonds is 7. The van der Waals surface area contributed by atoms with E-state index in [-0.39, 0.29) is 23.1 Å². The average molecular weight is 333 g/mol. The van der Waals surface area contributed by atoms with Gasteiger partial charge in [0, 0.05) is 12.2 Å². The fraction of sp³-hybridized carbons (Fsp3) is 0.412. The van der Waals surface area contributed by atoms with Crippen LogP contribution in [0, 0.1) is 6.92 Å². The van der Waals surface area contributed by atoms with Gasteiger partial charge in [-0.25, -0.2) is 0 Å². The second-order valence-electron chi connectivity index (χ2n) is 5.39. The number of aromatic nitrogens is 1. The number of amides is 1. The SMILES string of the molecule is CCN(CC)C(CNC(=O)c1ccc(C)[nH]c1=O)c1ccsc1. The van der Waals surface area contributed by atoms with Crippen molar-refractivity contribution in [2.45, 2.75) is 26.8 Å². The average Bonchev–Trinajstić information content (AvgIpc) is 3.05. The van der Waals surface area contributed by atoms with Gasteiger partial charge in [-0.1, -0.05) is 13.8 Å². The van der Waals surface area contributed by atoms with Gasteiger partial charge in [0.2, 0.25) is 0 Å². The third kappa shape index (κ3) is 4.30. The normalized spacial score (nSPS) is 12.3. The zero-order chi connectivity index (χ0) is 16.8. The van der Waals surface area contributed by atoms with Gasteiger partial charge in [-0.05, 0) is 54.5 Å². The van der Waals surface area contributed by atoms with E-state index in [1.54, 1.807) is 30.4 Å². The van der Waals surface area contributed by atoms with Crippen molar-refractivity contribution in [3.8, 4) is 0 Å². The van der Waals surface area contributed by atoms with E-state index < -0.39 is 0 Å². The standard InChI is InChI=1S/C17H23N3O2S/c1-4-20(5-2)15(13-8-9-23-11-13)10-18-16(21)14-7-6-12(3)19-17(14)22/h6-9,11,15H,4-5,10H2,1-3H3,(H,18,21)(H,19,22). The minimum absolute atomic E-state index is 0.115. The number of hydrogen-bond donors (Lipinski definition) is 2. The van der Waals surface area contributed by atoms with Gasteiger partial charge in [0.25, 0.3) is 11.5 Å². The number of hydrogen-bond acceptors (Lipinski definition) is 4. The Bertz CT molecular complexity index is 690. The number of carbonyl (C=O) groups excluding carboxylic acids is 1. The molecule has 124 valence electrons. The van der Waals surface area contributed by atoms with Crippen molar-refractivity contribution in [1.29, 1.82) is 0 Å². The molecular formula is C17H23N3O2S. The predicted molar refractivity (Wildman–Crippen MR) is 94.1 cm³/mol. The van der Waals surface area contributed by atoms with Crippen LogP contribution in [0.4, 0.5) is 0 Å². The molecule has 0 spiro atoms. The van der Waals surface area contributed by atoms with Crippen molar-refractivity contribution in [3.05, 3.63) is 56.1 Å². The monoisotopic (exact) mass is 333 g/mol. The summed E-state index contributed by atoms with van der Waals surface area (Å²) in [5.41, 5.74) is 1.74. The molecule has 0 saturated carbocycles. The quantitative estimate of drug-likeness (QED) is 0.818. The molecule has 0 bridgehead atoms. The smallest absolute Gasteiger partial charge is 0.260 e. The second kappa shape index (κ2) is 8.08. The van der Waals surface area contributed by atoms with Crippen LogP contribution in [-0.4, -0.2) is 35.4 Å². The van der Waals surface area contributed by atoms with Crippen LogP contribution in [0.5, 0.6) is 0 Å². The second-order valence-corrected chi connectivity index (χ2v) is 6.17. The Hall–Kier alpha value is -1.92. The van der Waals surface area contributed by atoms with Crippen molar-refractivity contribution < 1.29 is 4.79 Å². The van der Waals surface area contributed by atoms with Crippen LogP contribution in [0.25, 0.3) is 0 Å². The number of pyridine rings is 1. The molecule has 5 nitrogen and oxygen atoms in total. The highest BCUT2D eigenvalue weighted by Crippen LogP contribution is 2.22. The lowest BCUT2D eigenvalue weighted by molar-refractivity contribution is 0.0933. The number of likely N-dealkylation sites (N-methyl/N-ethyl adjacent to an activating group) is 1. The summed E-state index contributed by atoms with van der Waals surface area (Å²) in [5.74, 6) is -0.335. The Kier molecular flexibility index (Phi) is 6.12. The summed E-state index contributed by atoms with van der Waals surface area (Å²) >= 11 is 1.65. The number of carbonyl (C=O) groups is 1. The molecule has 2 aromatic heterocycles. The summed E-state index contributed by atoms with van der Waals surface area (Å²) in [5, 5.41) is 7.05. The molecule has 6 heteroatoms. The van der Waals surface area contributed by atoms with E-state index in [0.29, 0.717) is 6.54 Å². The molecule has 0 aliphatic carbocycles. The first-order valence-corrected chi connectivity index (χ1v) is 8.75. The Morgan fingerprint density at radius 1 is 1.30 bits per heavy atom. The van der Waals surface area contributed by atoms with Crippen LogP contribution in [0.15, 0.2) is 33.8 Å². The fourth-order valence-corrected chi connectivity index (χ4v) is 3.33. The molecule has 0 fully saturated rings. The molecule has 1 amide bonds. The maximum Gasteiger partial charge on any atom is 0.260 e. The highest BCUT2D eigenvalue weighted by atomic mass is 32.1. The van der Waals surface area contributed by atoms with E-state index in [1.165, 1.54) is 5.56 Å². The van der Waals surface area contributed by atoms with Crippen molar-refractivity contribution in [2.75, 3.05) is 19.6 Å². The number of aromatic amines is 1. The van der Waals surface area contributed by atoms with Gasteiger partial charge in [0.05, 0.1) is 6.04 Å². The minimum atomic E-state index is -0.350. The molecule has 0 saturated heterocycles. The summed E-state index contributed by atoms with van der Waals surface area (Å²) < 4.78 is 0. The van der Waals surface area contributed by atoms with E-state index in [9.17, 15) is 9.59 Å². The Balaban J connectivity index is 2.11. The number of thiophene rings is 1. The lowest BCUT2D eigenvalue weighted by Gasteiger charge is -2.29. The first kappa shape index (κ1) is 17.4. The summed E-state index contributed by atoms with van der Waals surface area (Å²) in [6.45, 7) is 8.28. The topological polar surface area (TPSA) is 65.2 Å². The van der Waals surface area contributed by atoms with Gasteiger partial charge in [-0.15, -0.1) is 0 Å². The van der Waals surface area contributed by atoms with Gasteiger partial charge in [0.15, 0.2) is 0 Å².